The summed E-state index contributed by atoms with van der Waals surface area (Å²) in [5.74, 6) is -0.340. The standard InChI is InChI=1S/C22H29N3O3S/c1-4-21(25(29(3,27)28)20-11-7-17(2)8-12-20)22(26)23-18-9-13-19(14-10-18)24-15-5-6-16-24/h7-14,21H,4-6,15-16H2,1-3H3,(H,23,26)/t21-/m1/s1. The second kappa shape index (κ2) is 8.86. The molecule has 2 aromatic carbocycles. The summed E-state index contributed by atoms with van der Waals surface area (Å²) in [6, 6.07) is 14.1. The molecule has 1 saturated heterocycles. The number of amides is 1. The van der Waals surface area contributed by atoms with Gasteiger partial charge in [-0.25, -0.2) is 8.42 Å². The van der Waals surface area contributed by atoms with Crippen molar-refractivity contribution in [2.45, 2.75) is 39.2 Å². The van der Waals surface area contributed by atoms with E-state index >= 15 is 0 Å². The van der Waals surface area contributed by atoms with Crippen LogP contribution in [0.1, 0.15) is 31.7 Å². The van der Waals surface area contributed by atoms with Gasteiger partial charge in [-0.05, 0) is 62.6 Å². The highest BCUT2D eigenvalue weighted by atomic mass is 32.2. The lowest BCUT2D eigenvalue weighted by Crippen LogP contribution is -2.47. The minimum atomic E-state index is -3.63. The lowest BCUT2D eigenvalue weighted by molar-refractivity contribution is -0.117. The Bertz CT molecular complexity index is 934. The highest BCUT2D eigenvalue weighted by molar-refractivity contribution is 7.92. The lowest BCUT2D eigenvalue weighted by Gasteiger charge is -2.30. The second-order valence-corrected chi connectivity index (χ2v) is 9.41. The van der Waals surface area contributed by atoms with E-state index in [0.717, 1.165) is 30.6 Å². The van der Waals surface area contributed by atoms with Gasteiger partial charge in [0, 0.05) is 24.5 Å². The molecule has 2 aromatic rings. The van der Waals surface area contributed by atoms with Crippen molar-refractivity contribution in [3.63, 3.8) is 0 Å². The van der Waals surface area contributed by atoms with Gasteiger partial charge in [0.05, 0.1) is 11.9 Å². The maximum atomic E-state index is 13.0. The number of sulfonamides is 1. The van der Waals surface area contributed by atoms with Crippen LogP contribution in [0.15, 0.2) is 48.5 Å². The molecule has 0 spiro atoms. The zero-order chi connectivity index (χ0) is 21.0. The summed E-state index contributed by atoms with van der Waals surface area (Å²) in [4.78, 5) is 15.3. The number of hydrogen-bond donors (Lipinski definition) is 1. The van der Waals surface area contributed by atoms with Gasteiger partial charge < -0.3 is 10.2 Å². The van der Waals surface area contributed by atoms with E-state index in [2.05, 4.69) is 10.2 Å². The van der Waals surface area contributed by atoms with Crippen LogP contribution in [-0.4, -0.2) is 39.7 Å². The van der Waals surface area contributed by atoms with E-state index < -0.39 is 16.1 Å². The Balaban J connectivity index is 1.79. The van der Waals surface area contributed by atoms with E-state index in [9.17, 15) is 13.2 Å². The molecule has 0 bridgehead atoms. The first-order valence-corrected chi connectivity index (χ1v) is 11.9. The Kier molecular flexibility index (Phi) is 6.47. The number of carbonyl (C=O) groups excluding carboxylic acids is 1. The predicted octanol–water partition coefficient (Wildman–Crippen LogP) is 3.78. The molecule has 0 unspecified atom stereocenters. The molecule has 0 aromatic heterocycles. The number of carbonyl (C=O) groups is 1. The predicted molar refractivity (Wildman–Crippen MR) is 119 cm³/mol. The molecule has 1 atom stereocenters. The number of anilines is 3. The number of nitrogens with zero attached hydrogens (tertiary/aromatic N) is 2. The largest absolute Gasteiger partial charge is 0.372 e. The monoisotopic (exact) mass is 415 g/mol. The van der Waals surface area contributed by atoms with Gasteiger partial charge in [0.1, 0.15) is 6.04 Å². The van der Waals surface area contributed by atoms with Gasteiger partial charge in [-0.3, -0.25) is 9.10 Å². The van der Waals surface area contributed by atoms with E-state index in [0.29, 0.717) is 17.8 Å². The van der Waals surface area contributed by atoms with E-state index in [4.69, 9.17) is 0 Å². The number of benzene rings is 2. The normalized spacial score (nSPS) is 15.2. The Labute approximate surface area is 173 Å². The van der Waals surface area contributed by atoms with E-state index in [1.807, 2.05) is 50.2 Å². The van der Waals surface area contributed by atoms with Crippen LogP contribution in [0.4, 0.5) is 17.1 Å². The van der Waals surface area contributed by atoms with Crippen LogP contribution in [-0.2, 0) is 14.8 Å². The van der Waals surface area contributed by atoms with Crippen molar-refractivity contribution >= 4 is 33.0 Å². The Morgan fingerprint density at radius 1 is 1.07 bits per heavy atom. The first-order chi connectivity index (χ1) is 13.8. The van der Waals surface area contributed by atoms with Crippen LogP contribution >= 0.6 is 0 Å². The van der Waals surface area contributed by atoms with Crippen LogP contribution in [0.25, 0.3) is 0 Å². The van der Waals surface area contributed by atoms with Crippen molar-refractivity contribution in [3.8, 4) is 0 Å². The molecule has 1 fully saturated rings. The molecule has 156 valence electrons. The van der Waals surface area contributed by atoms with Crippen molar-refractivity contribution in [3.05, 3.63) is 54.1 Å². The number of aryl methyl sites for hydroxylation is 1. The summed E-state index contributed by atoms with van der Waals surface area (Å²) < 4.78 is 26.2. The SMILES string of the molecule is CC[C@H](C(=O)Nc1ccc(N2CCCC2)cc1)N(c1ccc(C)cc1)S(C)(=O)=O. The molecule has 29 heavy (non-hydrogen) atoms. The molecule has 0 saturated carbocycles. The maximum absolute atomic E-state index is 13.0. The van der Waals surface area contributed by atoms with Crippen LogP contribution in [0.3, 0.4) is 0 Å². The minimum Gasteiger partial charge on any atom is -0.372 e. The van der Waals surface area contributed by atoms with Crippen LogP contribution in [0, 0.1) is 6.92 Å². The first kappa shape index (κ1) is 21.2. The molecule has 0 aliphatic carbocycles. The third kappa shape index (κ3) is 5.09. The van der Waals surface area contributed by atoms with Crippen molar-refractivity contribution in [2.75, 3.05) is 33.9 Å². The van der Waals surface area contributed by atoms with Crippen molar-refractivity contribution < 1.29 is 13.2 Å². The second-order valence-electron chi connectivity index (χ2n) is 7.55. The molecule has 3 rings (SSSR count). The number of nitrogens with one attached hydrogen (secondary N) is 1. The summed E-state index contributed by atoms with van der Waals surface area (Å²) in [7, 11) is -3.63. The van der Waals surface area contributed by atoms with Crippen molar-refractivity contribution in [1.82, 2.24) is 0 Å². The van der Waals surface area contributed by atoms with E-state index in [-0.39, 0.29) is 5.91 Å². The average Bonchev–Trinajstić information content (AvgIpc) is 3.21. The topological polar surface area (TPSA) is 69.7 Å². The summed E-state index contributed by atoms with van der Waals surface area (Å²) in [5.41, 5.74) is 3.32. The van der Waals surface area contributed by atoms with Gasteiger partial charge in [-0.2, -0.15) is 0 Å². The molecule has 1 N–H and O–H groups in total. The first-order valence-electron chi connectivity index (χ1n) is 10.0. The fraction of sp³-hybridized carbons (Fsp3) is 0.409. The van der Waals surface area contributed by atoms with Crippen LogP contribution in [0.5, 0.6) is 0 Å². The molecule has 1 aliphatic heterocycles. The van der Waals surface area contributed by atoms with Crippen molar-refractivity contribution in [1.29, 1.82) is 0 Å². The van der Waals surface area contributed by atoms with Gasteiger partial charge in [0.25, 0.3) is 0 Å². The molecule has 1 aliphatic rings. The highest BCUT2D eigenvalue weighted by Gasteiger charge is 2.31. The summed E-state index contributed by atoms with van der Waals surface area (Å²) in [5, 5.41) is 2.88. The summed E-state index contributed by atoms with van der Waals surface area (Å²) in [6.07, 6.45) is 3.90. The third-order valence-corrected chi connectivity index (χ3v) is 6.40. The number of hydrogen-bond acceptors (Lipinski definition) is 4. The van der Waals surface area contributed by atoms with Crippen molar-refractivity contribution in [2.24, 2.45) is 0 Å². The average molecular weight is 416 g/mol. The Hall–Kier alpha value is -2.54. The summed E-state index contributed by atoms with van der Waals surface area (Å²) >= 11 is 0. The molecule has 6 nitrogen and oxygen atoms in total. The van der Waals surface area contributed by atoms with Crippen LogP contribution in [0.2, 0.25) is 0 Å². The zero-order valence-electron chi connectivity index (χ0n) is 17.3. The molecule has 7 heteroatoms. The molecular formula is C22H29N3O3S. The third-order valence-electron chi connectivity index (χ3n) is 5.22. The maximum Gasteiger partial charge on any atom is 0.248 e. The van der Waals surface area contributed by atoms with Gasteiger partial charge in [0.2, 0.25) is 15.9 Å². The van der Waals surface area contributed by atoms with Gasteiger partial charge in [-0.1, -0.05) is 24.6 Å². The Morgan fingerprint density at radius 3 is 2.17 bits per heavy atom. The molecule has 0 radical (unpaired) electrons. The highest BCUT2D eigenvalue weighted by Crippen LogP contribution is 2.25. The van der Waals surface area contributed by atoms with Gasteiger partial charge in [-0.15, -0.1) is 0 Å². The minimum absolute atomic E-state index is 0.340. The summed E-state index contributed by atoms with van der Waals surface area (Å²) in [6.45, 7) is 5.87. The quantitative estimate of drug-likeness (QED) is 0.747. The Morgan fingerprint density at radius 2 is 1.66 bits per heavy atom. The molecular weight excluding hydrogens is 386 g/mol. The zero-order valence-corrected chi connectivity index (χ0v) is 18.1. The molecule has 1 heterocycles. The van der Waals surface area contributed by atoms with Crippen LogP contribution < -0.4 is 14.5 Å². The smallest absolute Gasteiger partial charge is 0.248 e. The molecule has 1 amide bonds. The lowest BCUT2D eigenvalue weighted by atomic mass is 10.1. The van der Waals surface area contributed by atoms with Gasteiger partial charge >= 0.3 is 0 Å². The number of rotatable bonds is 7. The van der Waals surface area contributed by atoms with E-state index in [1.165, 1.54) is 17.1 Å². The fourth-order valence-corrected chi connectivity index (χ4v) is 4.92. The van der Waals surface area contributed by atoms with E-state index in [1.54, 1.807) is 12.1 Å². The van der Waals surface area contributed by atoms with Gasteiger partial charge in [0.15, 0.2) is 0 Å². The fourth-order valence-electron chi connectivity index (χ4n) is 3.71.